The molecule has 0 aliphatic carbocycles. The van der Waals surface area contributed by atoms with Crippen molar-refractivity contribution >= 4 is 16.0 Å². The zero-order chi connectivity index (χ0) is 15.0. The highest BCUT2D eigenvalue weighted by Gasteiger charge is 2.14. The van der Waals surface area contributed by atoms with Crippen molar-refractivity contribution in [2.75, 3.05) is 13.2 Å². The number of ether oxygens (including phenoxy) is 1. The van der Waals surface area contributed by atoms with Crippen molar-refractivity contribution in [1.29, 1.82) is 10.5 Å². The van der Waals surface area contributed by atoms with Crippen LogP contribution in [-0.2, 0) is 14.8 Å². The molecule has 0 saturated carbocycles. The van der Waals surface area contributed by atoms with Crippen molar-refractivity contribution in [2.45, 2.75) is 11.3 Å². The summed E-state index contributed by atoms with van der Waals surface area (Å²) in [5.41, 5.74) is 0.149. The van der Waals surface area contributed by atoms with Crippen LogP contribution >= 0.6 is 0 Å². The molecule has 0 bridgehead atoms. The Labute approximate surface area is 116 Å². The van der Waals surface area contributed by atoms with Gasteiger partial charge in [-0.2, -0.15) is 10.5 Å². The first-order valence-corrected chi connectivity index (χ1v) is 7.00. The van der Waals surface area contributed by atoms with Gasteiger partial charge in [0.2, 0.25) is 10.0 Å². The molecule has 104 valence electrons. The maximum absolute atomic E-state index is 11.8. The molecule has 0 saturated heterocycles. The highest BCUT2D eigenvalue weighted by molar-refractivity contribution is 7.89. The van der Waals surface area contributed by atoms with Crippen molar-refractivity contribution < 1.29 is 17.9 Å². The predicted octanol–water partition coefficient (Wildman–Crippen LogP) is 0.559. The molecule has 0 radical (unpaired) electrons. The number of hydrogen-bond acceptors (Lipinski definition) is 6. The maximum atomic E-state index is 11.8. The Kier molecular flexibility index (Phi) is 5.66. The molecular formula is C12H11N3O4S. The molecule has 1 rings (SSSR count). The molecule has 0 atom stereocenters. The lowest BCUT2D eigenvalue weighted by Crippen LogP contribution is -2.24. The third-order valence-electron chi connectivity index (χ3n) is 2.20. The summed E-state index contributed by atoms with van der Waals surface area (Å²) >= 11 is 0. The zero-order valence-corrected chi connectivity index (χ0v) is 11.2. The van der Waals surface area contributed by atoms with Crippen molar-refractivity contribution in [2.24, 2.45) is 0 Å². The molecule has 0 aliphatic rings. The molecule has 0 heterocycles. The molecule has 20 heavy (non-hydrogen) atoms. The van der Waals surface area contributed by atoms with E-state index in [1.807, 2.05) is 6.07 Å². The standard InChI is InChI=1S/C12H11N3O4S/c13-6-1-8-15-20(17,18)11-4-2-10(3-5-11)12(16)19-9-7-14/h2-5,15H,1,8-9H2. The van der Waals surface area contributed by atoms with Gasteiger partial charge in [0.25, 0.3) is 0 Å². The molecule has 0 spiro atoms. The maximum Gasteiger partial charge on any atom is 0.339 e. The van der Waals surface area contributed by atoms with Crippen molar-refractivity contribution in [3.05, 3.63) is 29.8 Å². The third kappa shape index (κ3) is 4.35. The summed E-state index contributed by atoms with van der Waals surface area (Å²) in [5.74, 6) is -0.701. The largest absolute Gasteiger partial charge is 0.447 e. The highest BCUT2D eigenvalue weighted by Crippen LogP contribution is 2.11. The topological polar surface area (TPSA) is 120 Å². The summed E-state index contributed by atoms with van der Waals surface area (Å²) in [7, 11) is -3.70. The zero-order valence-electron chi connectivity index (χ0n) is 10.4. The summed E-state index contributed by atoms with van der Waals surface area (Å²) in [6.45, 7) is -0.348. The molecule has 0 unspecified atom stereocenters. The minimum atomic E-state index is -3.70. The van der Waals surface area contributed by atoms with Gasteiger partial charge in [-0.3, -0.25) is 0 Å². The van der Waals surface area contributed by atoms with Gasteiger partial charge in [0, 0.05) is 13.0 Å². The van der Waals surface area contributed by atoms with Crippen LogP contribution in [0.3, 0.4) is 0 Å². The Morgan fingerprint density at radius 2 is 1.85 bits per heavy atom. The number of nitrogens with one attached hydrogen (secondary N) is 1. The summed E-state index contributed by atoms with van der Waals surface area (Å²) < 4.78 is 30.4. The van der Waals surface area contributed by atoms with Gasteiger partial charge in [-0.15, -0.1) is 0 Å². The molecule has 7 nitrogen and oxygen atoms in total. The highest BCUT2D eigenvalue weighted by atomic mass is 32.2. The summed E-state index contributed by atoms with van der Waals surface area (Å²) in [6.07, 6.45) is 0.0673. The lowest BCUT2D eigenvalue weighted by Gasteiger charge is -2.06. The first kappa shape index (κ1) is 15.6. The van der Waals surface area contributed by atoms with E-state index in [2.05, 4.69) is 9.46 Å². The number of nitrogens with zero attached hydrogens (tertiary/aromatic N) is 2. The van der Waals surface area contributed by atoms with Gasteiger partial charge >= 0.3 is 5.97 Å². The summed E-state index contributed by atoms with van der Waals surface area (Å²) in [4.78, 5) is 11.4. The first-order chi connectivity index (χ1) is 9.51. The number of benzene rings is 1. The van der Waals surface area contributed by atoms with Crippen molar-refractivity contribution in [3.63, 3.8) is 0 Å². The number of esters is 1. The fraction of sp³-hybridized carbons (Fsp3) is 0.250. The van der Waals surface area contributed by atoms with Crippen LogP contribution in [0.25, 0.3) is 0 Å². The van der Waals surface area contributed by atoms with E-state index in [4.69, 9.17) is 10.5 Å². The number of nitriles is 2. The fourth-order valence-corrected chi connectivity index (χ4v) is 2.31. The molecule has 0 amide bonds. The van der Waals surface area contributed by atoms with E-state index in [0.717, 1.165) is 0 Å². The number of sulfonamides is 1. The molecular weight excluding hydrogens is 282 g/mol. The summed E-state index contributed by atoms with van der Waals surface area (Å²) in [6, 6.07) is 8.55. The van der Waals surface area contributed by atoms with Crippen molar-refractivity contribution in [1.82, 2.24) is 4.72 Å². The molecule has 1 aromatic carbocycles. The monoisotopic (exact) mass is 293 g/mol. The van der Waals surface area contributed by atoms with Gasteiger partial charge in [-0.05, 0) is 24.3 Å². The van der Waals surface area contributed by atoms with Gasteiger partial charge in [0.05, 0.1) is 16.5 Å². The van der Waals surface area contributed by atoms with Crippen LogP contribution in [0.1, 0.15) is 16.8 Å². The summed E-state index contributed by atoms with van der Waals surface area (Å²) in [5, 5.41) is 16.6. The van der Waals surface area contributed by atoms with E-state index in [9.17, 15) is 13.2 Å². The second-order valence-electron chi connectivity index (χ2n) is 3.56. The van der Waals surface area contributed by atoms with Crippen LogP contribution in [0.15, 0.2) is 29.2 Å². The molecule has 0 aliphatic heterocycles. The van der Waals surface area contributed by atoms with E-state index in [1.54, 1.807) is 6.07 Å². The van der Waals surface area contributed by atoms with E-state index in [0.29, 0.717) is 0 Å². The Morgan fingerprint density at radius 1 is 1.20 bits per heavy atom. The average Bonchev–Trinajstić information content (AvgIpc) is 2.45. The quantitative estimate of drug-likeness (QED) is 0.604. The van der Waals surface area contributed by atoms with Crippen LogP contribution in [0.4, 0.5) is 0 Å². The van der Waals surface area contributed by atoms with Gasteiger partial charge in [-0.1, -0.05) is 0 Å². The Balaban J connectivity index is 2.78. The van der Waals surface area contributed by atoms with Gasteiger partial charge < -0.3 is 4.74 Å². The van der Waals surface area contributed by atoms with E-state index >= 15 is 0 Å². The second-order valence-corrected chi connectivity index (χ2v) is 5.33. The number of carbonyl (C=O) groups is 1. The van der Waals surface area contributed by atoms with Gasteiger partial charge in [0.1, 0.15) is 6.07 Å². The van der Waals surface area contributed by atoms with E-state index in [1.165, 1.54) is 24.3 Å². The van der Waals surface area contributed by atoms with E-state index in [-0.39, 0.29) is 30.0 Å². The third-order valence-corrected chi connectivity index (χ3v) is 3.67. The minimum absolute atomic E-state index is 0.0186. The molecule has 8 heteroatoms. The molecule has 0 aromatic heterocycles. The van der Waals surface area contributed by atoms with Gasteiger partial charge in [-0.25, -0.2) is 17.9 Å². The van der Waals surface area contributed by atoms with E-state index < -0.39 is 16.0 Å². The van der Waals surface area contributed by atoms with Crippen molar-refractivity contribution in [3.8, 4) is 12.1 Å². The van der Waals surface area contributed by atoms with Crippen LogP contribution in [0.5, 0.6) is 0 Å². The lowest BCUT2D eigenvalue weighted by atomic mass is 10.2. The molecule has 1 N–H and O–H groups in total. The number of hydrogen-bond donors (Lipinski definition) is 1. The predicted molar refractivity (Wildman–Crippen MR) is 67.8 cm³/mol. The molecule has 0 fully saturated rings. The minimum Gasteiger partial charge on any atom is -0.447 e. The Morgan fingerprint density at radius 3 is 2.40 bits per heavy atom. The fourth-order valence-electron chi connectivity index (χ4n) is 1.28. The van der Waals surface area contributed by atoms with Crippen LogP contribution < -0.4 is 4.72 Å². The lowest BCUT2D eigenvalue weighted by molar-refractivity contribution is 0.0555. The molecule has 1 aromatic rings. The van der Waals surface area contributed by atoms with Crippen LogP contribution in [-0.4, -0.2) is 27.5 Å². The number of carbonyl (C=O) groups excluding carboxylic acids is 1. The second kappa shape index (κ2) is 7.24. The SMILES string of the molecule is N#CCCNS(=O)(=O)c1ccc(C(=O)OCC#N)cc1. The van der Waals surface area contributed by atoms with Crippen LogP contribution in [0, 0.1) is 22.7 Å². The smallest absolute Gasteiger partial charge is 0.339 e. The first-order valence-electron chi connectivity index (χ1n) is 5.52. The number of rotatable bonds is 6. The van der Waals surface area contributed by atoms with Crippen LogP contribution in [0.2, 0.25) is 0 Å². The van der Waals surface area contributed by atoms with Gasteiger partial charge in [0.15, 0.2) is 6.61 Å². The Hall–Kier alpha value is -2.42. The normalized spacial score (nSPS) is 10.3. The Bertz CT molecular complexity index is 653. The average molecular weight is 293 g/mol.